The lowest BCUT2D eigenvalue weighted by Gasteiger charge is -2.14. The molecule has 1 N–H and O–H groups in total. The number of H-pyrrole nitrogens is 1. The quantitative estimate of drug-likeness (QED) is 0.407. The second kappa shape index (κ2) is 6.57. The fourth-order valence-corrected chi connectivity index (χ4v) is 2.94. The van der Waals surface area contributed by atoms with Gasteiger partial charge in [-0.15, -0.1) is 0 Å². The Hall–Kier alpha value is -2.86. The fraction of sp³-hybridized carbons (Fsp3) is 0.167. The highest BCUT2D eigenvalue weighted by Crippen LogP contribution is 2.32. The van der Waals surface area contributed by atoms with Crippen molar-refractivity contribution in [3.05, 3.63) is 68.9 Å². The molecule has 25 heavy (non-hydrogen) atoms. The topological polar surface area (TPSA) is 85.2 Å². The van der Waals surface area contributed by atoms with Gasteiger partial charge in [0.15, 0.2) is 11.9 Å². The summed E-state index contributed by atoms with van der Waals surface area (Å²) in [6, 6.07) is 11.5. The Morgan fingerprint density at radius 2 is 2.00 bits per heavy atom. The van der Waals surface area contributed by atoms with E-state index in [1.165, 1.54) is 18.2 Å². The van der Waals surface area contributed by atoms with Gasteiger partial charge < -0.3 is 9.72 Å². The number of nitrogens with one attached hydrogen (secondary N) is 1. The molecule has 7 heteroatoms. The van der Waals surface area contributed by atoms with Crippen molar-refractivity contribution in [2.75, 3.05) is 0 Å². The normalized spacial score (nSPS) is 12.1. The van der Waals surface area contributed by atoms with Crippen LogP contribution in [0.15, 0.2) is 42.5 Å². The highest BCUT2D eigenvalue weighted by Gasteiger charge is 2.25. The molecule has 0 aliphatic carbocycles. The highest BCUT2D eigenvalue weighted by molar-refractivity contribution is 6.30. The minimum absolute atomic E-state index is 0.00717. The van der Waals surface area contributed by atoms with Crippen LogP contribution in [0.4, 0.5) is 5.69 Å². The van der Waals surface area contributed by atoms with Crippen molar-refractivity contribution >= 4 is 34.0 Å². The maximum absolute atomic E-state index is 12.9. The minimum atomic E-state index is -0.891. The van der Waals surface area contributed by atoms with E-state index in [2.05, 4.69) is 4.98 Å². The number of fused-ring (bicyclic) bond motifs is 1. The number of rotatable bonds is 5. The predicted molar refractivity (Wildman–Crippen MR) is 95.6 cm³/mol. The van der Waals surface area contributed by atoms with E-state index in [1.54, 1.807) is 6.92 Å². The molecule has 0 amide bonds. The summed E-state index contributed by atoms with van der Waals surface area (Å²) in [5.41, 5.74) is 1.84. The van der Waals surface area contributed by atoms with E-state index >= 15 is 0 Å². The lowest BCUT2D eigenvalue weighted by Crippen LogP contribution is -2.24. The number of carbonyl (C=O) groups is 1. The molecule has 0 aliphatic rings. The van der Waals surface area contributed by atoms with Crippen LogP contribution in [0.2, 0.25) is 5.02 Å². The number of ether oxygens (including phenoxy) is 1. The van der Waals surface area contributed by atoms with Gasteiger partial charge in [0, 0.05) is 33.2 Å². The van der Waals surface area contributed by atoms with Crippen LogP contribution in [-0.4, -0.2) is 21.8 Å². The molecule has 1 heterocycles. The van der Waals surface area contributed by atoms with Crippen LogP contribution in [0.25, 0.3) is 10.9 Å². The summed E-state index contributed by atoms with van der Waals surface area (Å²) in [5.74, 6) is -0.244. The Morgan fingerprint density at radius 3 is 2.72 bits per heavy atom. The van der Waals surface area contributed by atoms with Gasteiger partial charge in [-0.2, -0.15) is 0 Å². The van der Waals surface area contributed by atoms with Gasteiger partial charge in [0.05, 0.1) is 4.92 Å². The zero-order valence-electron chi connectivity index (χ0n) is 13.6. The van der Waals surface area contributed by atoms with E-state index < -0.39 is 11.0 Å². The maximum atomic E-state index is 12.9. The van der Waals surface area contributed by atoms with Crippen molar-refractivity contribution in [2.24, 2.45) is 0 Å². The second-order valence-corrected chi connectivity index (χ2v) is 6.10. The van der Waals surface area contributed by atoms with Gasteiger partial charge in [-0.05, 0) is 32.0 Å². The number of hydrogen-bond donors (Lipinski definition) is 1. The molecule has 0 bridgehead atoms. The monoisotopic (exact) mass is 358 g/mol. The average molecular weight is 359 g/mol. The van der Waals surface area contributed by atoms with Gasteiger partial charge in [0.2, 0.25) is 5.78 Å². The predicted octanol–water partition coefficient (Wildman–Crippen LogP) is 4.69. The SMILES string of the molecule is Cc1[nH]c2ccccc2c1C(=O)[C@H](C)Oc1ccc(Cl)cc1[N+](=O)[O-]. The van der Waals surface area contributed by atoms with Crippen molar-refractivity contribution in [3.63, 3.8) is 0 Å². The molecule has 2 aromatic carbocycles. The van der Waals surface area contributed by atoms with Crippen LogP contribution >= 0.6 is 11.6 Å². The number of Topliss-reactive ketones (excluding diaryl/α,β-unsaturated/α-hetero) is 1. The van der Waals surface area contributed by atoms with Crippen molar-refractivity contribution in [2.45, 2.75) is 20.0 Å². The van der Waals surface area contributed by atoms with Crippen LogP contribution in [0.3, 0.4) is 0 Å². The fourth-order valence-electron chi connectivity index (χ4n) is 2.77. The first-order valence-electron chi connectivity index (χ1n) is 7.60. The molecule has 128 valence electrons. The van der Waals surface area contributed by atoms with Crippen molar-refractivity contribution in [1.29, 1.82) is 0 Å². The first-order chi connectivity index (χ1) is 11.9. The van der Waals surface area contributed by atoms with Crippen LogP contribution in [-0.2, 0) is 0 Å². The number of carbonyl (C=O) groups excluding carboxylic acids is 1. The smallest absolute Gasteiger partial charge is 0.312 e. The van der Waals surface area contributed by atoms with Crippen molar-refractivity contribution < 1.29 is 14.5 Å². The van der Waals surface area contributed by atoms with Gasteiger partial charge in [0.1, 0.15) is 0 Å². The standard InChI is InChI=1S/C18H15ClN2O4/c1-10-17(13-5-3-4-6-14(13)20-10)18(22)11(2)25-16-8-7-12(19)9-15(16)21(23)24/h3-9,11,20H,1-2H3/t11-/m0/s1. The number of nitro benzene ring substituents is 1. The molecule has 0 saturated heterocycles. The molecule has 1 aromatic heterocycles. The summed E-state index contributed by atoms with van der Waals surface area (Å²) in [6.45, 7) is 3.38. The molecule has 0 saturated carbocycles. The summed E-state index contributed by atoms with van der Waals surface area (Å²) in [6.07, 6.45) is -0.891. The van der Waals surface area contributed by atoms with Crippen molar-refractivity contribution in [1.82, 2.24) is 4.98 Å². The third kappa shape index (κ3) is 3.21. The van der Waals surface area contributed by atoms with E-state index in [0.717, 1.165) is 16.6 Å². The second-order valence-electron chi connectivity index (χ2n) is 5.66. The average Bonchev–Trinajstić information content (AvgIpc) is 2.91. The molecule has 0 spiro atoms. The Kier molecular flexibility index (Phi) is 4.46. The lowest BCUT2D eigenvalue weighted by molar-refractivity contribution is -0.386. The van der Waals surface area contributed by atoms with E-state index in [-0.39, 0.29) is 22.2 Å². The summed E-state index contributed by atoms with van der Waals surface area (Å²) in [7, 11) is 0. The van der Waals surface area contributed by atoms with Crippen LogP contribution in [0, 0.1) is 17.0 Å². The number of benzene rings is 2. The van der Waals surface area contributed by atoms with E-state index in [1.807, 2.05) is 31.2 Å². The number of aryl methyl sites for hydroxylation is 1. The van der Waals surface area contributed by atoms with Crippen LogP contribution < -0.4 is 4.74 Å². The first kappa shape index (κ1) is 17.0. The Morgan fingerprint density at radius 1 is 1.28 bits per heavy atom. The third-order valence-electron chi connectivity index (χ3n) is 3.93. The van der Waals surface area contributed by atoms with Crippen molar-refractivity contribution in [3.8, 4) is 5.75 Å². The summed E-state index contributed by atoms with van der Waals surface area (Å²) in [5, 5.41) is 12.2. The Bertz CT molecular complexity index is 980. The van der Waals surface area contributed by atoms with Gasteiger partial charge >= 0.3 is 5.69 Å². The zero-order valence-corrected chi connectivity index (χ0v) is 14.3. The molecule has 0 radical (unpaired) electrons. The number of nitrogens with zero attached hydrogens (tertiary/aromatic N) is 1. The van der Waals surface area contributed by atoms with E-state index in [9.17, 15) is 14.9 Å². The number of halogens is 1. The van der Waals surface area contributed by atoms with Gasteiger partial charge in [-0.25, -0.2) is 0 Å². The molecule has 0 fully saturated rings. The van der Waals surface area contributed by atoms with E-state index in [4.69, 9.17) is 16.3 Å². The summed E-state index contributed by atoms with van der Waals surface area (Å²) < 4.78 is 5.59. The third-order valence-corrected chi connectivity index (χ3v) is 4.17. The molecular weight excluding hydrogens is 344 g/mol. The molecule has 3 rings (SSSR count). The summed E-state index contributed by atoms with van der Waals surface area (Å²) >= 11 is 5.80. The number of nitro groups is 1. The number of aromatic amines is 1. The number of hydrogen-bond acceptors (Lipinski definition) is 4. The molecule has 6 nitrogen and oxygen atoms in total. The van der Waals surface area contributed by atoms with E-state index in [0.29, 0.717) is 5.56 Å². The number of ketones is 1. The Balaban J connectivity index is 1.94. The number of para-hydroxylation sites is 1. The molecule has 0 unspecified atom stereocenters. The molecule has 3 aromatic rings. The molecular formula is C18H15ClN2O4. The van der Waals surface area contributed by atoms with Gasteiger partial charge in [0.25, 0.3) is 0 Å². The number of aromatic nitrogens is 1. The Labute approximate surface area is 148 Å². The first-order valence-corrected chi connectivity index (χ1v) is 7.98. The molecule has 0 aliphatic heterocycles. The largest absolute Gasteiger partial charge is 0.475 e. The summed E-state index contributed by atoms with van der Waals surface area (Å²) in [4.78, 5) is 26.6. The molecule has 1 atom stereocenters. The van der Waals surface area contributed by atoms with Crippen LogP contribution in [0.1, 0.15) is 23.0 Å². The highest BCUT2D eigenvalue weighted by atomic mass is 35.5. The minimum Gasteiger partial charge on any atom is -0.475 e. The van der Waals surface area contributed by atoms with Gasteiger partial charge in [-0.1, -0.05) is 29.8 Å². The lowest BCUT2D eigenvalue weighted by atomic mass is 10.0. The van der Waals surface area contributed by atoms with Gasteiger partial charge in [-0.3, -0.25) is 14.9 Å². The zero-order chi connectivity index (χ0) is 18.1. The van der Waals surface area contributed by atoms with Crippen LogP contribution in [0.5, 0.6) is 5.75 Å². The maximum Gasteiger partial charge on any atom is 0.312 e.